The van der Waals surface area contributed by atoms with Gasteiger partial charge in [0.1, 0.15) is 12.1 Å². The fourth-order valence-electron chi connectivity index (χ4n) is 2.30. The quantitative estimate of drug-likeness (QED) is 0.841. The van der Waals surface area contributed by atoms with Gasteiger partial charge in [-0.25, -0.2) is 9.78 Å². The Morgan fingerprint density at radius 3 is 2.70 bits per heavy atom. The van der Waals surface area contributed by atoms with Crippen molar-refractivity contribution in [2.45, 2.75) is 32.9 Å². The van der Waals surface area contributed by atoms with E-state index in [0.717, 1.165) is 5.56 Å². The number of carbonyl (C=O) groups excluding carboxylic acids is 2. The van der Waals surface area contributed by atoms with Crippen molar-refractivity contribution in [3.05, 3.63) is 40.4 Å². The Balaban J connectivity index is 2.26. The fraction of sp³-hybridized carbons (Fsp3) is 0.375. The highest BCUT2D eigenvalue weighted by molar-refractivity contribution is 5.87. The molecule has 2 rings (SSSR count). The topological polar surface area (TPSA) is 90.3 Å². The van der Waals surface area contributed by atoms with Crippen molar-refractivity contribution in [1.29, 1.82) is 0 Å². The number of hydrogen-bond acceptors (Lipinski definition) is 5. The first-order valence-corrected chi connectivity index (χ1v) is 7.10. The molecular formula is C16H19N3O4. The molecule has 0 spiro atoms. The molecule has 1 aromatic carbocycles. The maximum absolute atomic E-state index is 12.4. The molecule has 0 unspecified atom stereocenters. The lowest BCUT2D eigenvalue weighted by molar-refractivity contribution is -0.149. The third-order valence-electron chi connectivity index (χ3n) is 3.52. The van der Waals surface area contributed by atoms with Crippen LogP contribution in [0.1, 0.15) is 19.4 Å². The number of esters is 1. The number of aryl methyl sites for hydroxylation is 1. The van der Waals surface area contributed by atoms with Gasteiger partial charge in [-0.15, -0.1) is 0 Å². The molecule has 122 valence electrons. The third-order valence-corrected chi connectivity index (χ3v) is 3.52. The highest BCUT2D eigenvalue weighted by atomic mass is 16.5. The number of amides is 1. The van der Waals surface area contributed by atoms with E-state index in [1.165, 1.54) is 31.9 Å². The highest BCUT2D eigenvalue weighted by Crippen LogP contribution is 2.11. The second kappa shape index (κ2) is 6.20. The molecule has 0 aliphatic heterocycles. The molecule has 0 fully saturated rings. The maximum Gasteiger partial charge on any atom is 0.330 e. The van der Waals surface area contributed by atoms with Gasteiger partial charge in [-0.05, 0) is 32.4 Å². The number of nitrogens with zero attached hydrogens (tertiary/aromatic N) is 2. The Morgan fingerprint density at radius 1 is 1.35 bits per heavy atom. The molecule has 1 heterocycles. The standard InChI is InChI=1S/C16H19N3O4/c1-10-6-5-7-11-13(10)17-9-19(14(11)21)8-12(20)18-16(2,3)15(22)23-4/h5-7,9H,8H2,1-4H3,(H,18,20). The molecule has 0 aliphatic rings. The van der Waals surface area contributed by atoms with E-state index in [1.807, 2.05) is 13.0 Å². The van der Waals surface area contributed by atoms with Crippen molar-refractivity contribution in [2.75, 3.05) is 7.11 Å². The Bertz CT molecular complexity index is 824. The van der Waals surface area contributed by atoms with Crippen molar-refractivity contribution in [3.8, 4) is 0 Å². The molecule has 0 atom stereocenters. The predicted molar refractivity (Wildman–Crippen MR) is 85.0 cm³/mol. The molecule has 0 bridgehead atoms. The minimum Gasteiger partial charge on any atom is -0.467 e. The summed E-state index contributed by atoms with van der Waals surface area (Å²) in [4.78, 5) is 40.3. The largest absolute Gasteiger partial charge is 0.467 e. The summed E-state index contributed by atoms with van der Waals surface area (Å²) >= 11 is 0. The smallest absolute Gasteiger partial charge is 0.330 e. The Hall–Kier alpha value is -2.70. The molecule has 0 aliphatic carbocycles. The van der Waals surface area contributed by atoms with Gasteiger partial charge in [-0.1, -0.05) is 12.1 Å². The number of ether oxygens (including phenoxy) is 1. The van der Waals surface area contributed by atoms with E-state index in [2.05, 4.69) is 15.0 Å². The van der Waals surface area contributed by atoms with Gasteiger partial charge >= 0.3 is 5.97 Å². The molecule has 2 aromatic rings. The number of nitrogens with one attached hydrogen (secondary N) is 1. The van der Waals surface area contributed by atoms with Gasteiger partial charge in [0, 0.05) is 0 Å². The zero-order valence-corrected chi connectivity index (χ0v) is 13.5. The summed E-state index contributed by atoms with van der Waals surface area (Å²) in [6.45, 7) is 4.70. The lowest BCUT2D eigenvalue weighted by atomic mass is 10.1. The van der Waals surface area contributed by atoms with E-state index < -0.39 is 17.4 Å². The van der Waals surface area contributed by atoms with Crippen molar-refractivity contribution >= 4 is 22.8 Å². The van der Waals surface area contributed by atoms with Gasteiger partial charge < -0.3 is 10.1 Å². The summed E-state index contributed by atoms with van der Waals surface area (Å²) < 4.78 is 5.84. The second-order valence-electron chi connectivity index (χ2n) is 5.81. The molecule has 0 saturated heterocycles. The number of benzene rings is 1. The Morgan fingerprint density at radius 2 is 2.04 bits per heavy atom. The van der Waals surface area contributed by atoms with E-state index in [-0.39, 0.29) is 12.1 Å². The average Bonchev–Trinajstić information content (AvgIpc) is 2.49. The SMILES string of the molecule is COC(=O)C(C)(C)NC(=O)Cn1cnc2c(C)cccc2c1=O. The van der Waals surface area contributed by atoms with E-state index in [0.29, 0.717) is 10.9 Å². The summed E-state index contributed by atoms with van der Waals surface area (Å²) in [5.74, 6) is -1.04. The summed E-state index contributed by atoms with van der Waals surface area (Å²) in [6.07, 6.45) is 1.34. The third kappa shape index (κ3) is 3.39. The average molecular weight is 317 g/mol. The molecule has 23 heavy (non-hydrogen) atoms. The van der Waals surface area contributed by atoms with Crippen molar-refractivity contribution in [2.24, 2.45) is 0 Å². The van der Waals surface area contributed by atoms with Crippen molar-refractivity contribution in [1.82, 2.24) is 14.9 Å². The zero-order valence-electron chi connectivity index (χ0n) is 13.5. The van der Waals surface area contributed by atoms with Crippen molar-refractivity contribution < 1.29 is 14.3 Å². The van der Waals surface area contributed by atoms with Crippen LogP contribution >= 0.6 is 0 Å². The second-order valence-corrected chi connectivity index (χ2v) is 5.81. The van der Waals surface area contributed by atoms with Crippen LogP contribution in [0.3, 0.4) is 0 Å². The summed E-state index contributed by atoms with van der Waals surface area (Å²) in [5.41, 5.74) is 0.0350. The van der Waals surface area contributed by atoms with Crippen LogP contribution in [0.15, 0.2) is 29.3 Å². The van der Waals surface area contributed by atoms with Gasteiger partial charge in [0.05, 0.1) is 24.3 Å². The van der Waals surface area contributed by atoms with Gasteiger partial charge in [0.2, 0.25) is 5.91 Å². The molecular weight excluding hydrogens is 298 g/mol. The Labute approximate surface area is 133 Å². The molecule has 7 heteroatoms. The lowest BCUT2D eigenvalue weighted by Crippen LogP contribution is -2.51. The maximum atomic E-state index is 12.4. The first-order valence-electron chi connectivity index (χ1n) is 7.10. The van der Waals surface area contributed by atoms with Crippen LogP contribution in [0.5, 0.6) is 0 Å². The number of rotatable bonds is 4. The van der Waals surface area contributed by atoms with E-state index in [9.17, 15) is 14.4 Å². The minimum atomic E-state index is -1.17. The molecule has 1 aromatic heterocycles. The summed E-state index contributed by atoms with van der Waals surface area (Å²) in [6, 6.07) is 5.31. The predicted octanol–water partition coefficient (Wildman–Crippen LogP) is 0.773. The molecule has 0 saturated carbocycles. The number of para-hydroxylation sites is 1. The van der Waals surface area contributed by atoms with Crippen molar-refractivity contribution in [3.63, 3.8) is 0 Å². The van der Waals surface area contributed by atoms with E-state index in [1.54, 1.807) is 12.1 Å². The zero-order chi connectivity index (χ0) is 17.2. The molecule has 0 radical (unpaired) electrons. The number of aromatic nitrogens is 2. The van der Waals surface area contributed by atoms with Gasteiger partial charge in [0.15, 0.2) is 0 Å². The number of fused-ring (bicyclic) bond motifs is 1. The number of carbonyl (C=O) groups is 2. The van der Waals surface area contributed by atoms with Gasteiger partial charge in [-0.2, -0.15) is 0 Å². The Kier molecular flexibility index (Phi) is 4.49. The van der Waals surface area contributed by atoms with Crippen LogP contribution in [-0.4, -0.2) is 34.1 Å². The first-order chi connectivity index (χ1) is 10.8. The first kappa shape index (κ1) is 16.7. The highest BCUT2D eigenvalue weighted by Gasteiger charge is 2.30. The van der Waals surface area contributed by atoms with Gasteiger partial charge in [0.25, 0.3) is 5.56 Å². The summed E-state index contributed by atoms with van der Waals surface area (Å²) in [5, 5.41) is 2.99. The normalized spacial score (nSPS) is 11.3. The molecule has 1 amide bonds. The van der Waals surface area contributed by atoms with Crippen LogP contribution < -0.4 is 10.9 Å². The van der Waals surface area contributed by atoms with Crippen LogP contribution in [-0.2, 0) is 20.9 Å². The number of methoxy groups -OCH3 is 1. The van der Waals surface area contributed by atoms with E-state index >= 15 is 0 Å². The van der Waals surface area contributed by atoms with Gasteiger partial charge in [-0.3, -0.25) is 14.2 Å². The lowest BCUT2D eigenvalue weighted by Gasteiger charge is -2.23. The number of hydrogen-bond donors (Lipinski definition) is 1. The minimum absolute atomic E-state index is 0.226. The van der Waals surface area contributed by atoms with E-state index in [4.69, 9.17) is 0 Å². The van der Waals surface area contributed by atoms with Crippen LogP contribution in [0.2, 0.25) is 0 Å². The molecule has 1 N–H and O–H groups in total. The molecule has 7 nitrogen and oxygen atoms in total. The van der Waals surface area contributed by atoms with Crippen LogP contribution in [0.4, 0.5) is 0 Å². The monoisotopic (exact) mass is 317 g/mol. The fourth-order valence-corrected chi connectivity index (χ4v) is 2.30. The summed E-state index contributed by atoms with van der Waals surface area (Å²) in [7, 11) is 1.25. The van der Waals surface area contributed by atoms with Crippen LogP contribution in [0.25, 0.3) is 10.9 Å². The van der Waals surface area contributed by atoms with Crippen LogP contribution in [0, 0.1) is 6.92 Å².